The van der Waals surface area contributed by atoms with Crippen molar-refractivity contribution in [3.05, 3.63) is 42.2 Å². The van der Waals surface area contributed by atoms with Crippen LogP contribution in [0.2, 0.25) is 0 Å². The van der Waals surface area contributed by atoms with Gasteiger partial charge in [-0.2, -0.15) is 0 Å². The fourth-order valence-electron chi connectivity index (χ4n) is 5.35. The van der Waals surface area contributed by atoms with Gasteiger partial charge in [0, 0.05) is 18.0 Å². The number of aromatic nitrogens is 2. The predicted octanol–water partition coefficient (Wildman–Crippen LogP) is 9.74. The van der Waals surface area contributed by atoms with Crippen LogP contribution >= 0.6 is 0 Å². The van der Waals surface area contributed by atoms with Gasteiger partial charge in [-0.3, -0.25) is 0 Å². The Labute approximate surface area is 215 Å². The van der Waals surface area contributed by atoms with Gasteiger partial charge >= 0.3 is 0 Å². The van der Waals surface area contributed by atoms with Crippen molar-refractivity contribution in [3.63, 3.8) is 0 Å². The van der Waals surface area contributed by atoms with Gasteiger partial charge in [0.15, 0.2) is 5.82 Å². The van der Waals surface area contributed by atoms with E-state index in [1.54, 1.807) is 0 Å². The Bertz CT molecular complexity index is 765. The largest absolute Gasteiger partial charge is 0.494 e. The molecule has 0 aliphatic heterocycles. The van der Waals surface area contributed by atoms with E-state index in [2.05, 4.69) is 41.2 Å². The zero-order valence-electron chi connectivity index (χ0n) is 22.5. The lowest BCUT2D eigenvalue weighted by Gasteiger charge is -2.21. The summed E-state index contributed by atoms with van der Waals surface area (Å²) >= 11 is 0. The quantitative estimate of drug-likeness (QED) is 0.200. The normalized spacial score (nSPS) is 14.3. The number of ether oxygens (including phenoxy) is 1. The molecule has 0 bridgehead atoms. The highest BCUT2D eigenvalue weighted by molar-refractivity contribution is 5.55. The Morgan fingerprint density at radius 3 is 2.03 bits per heavy atom. The maximum atomic E-state index is 5.96. The van der Waals surface area contributed by atoms with Gasteiger partial charge in [-0.25, -0.2) is 9.97 Å². The number of unbranched alkanes of at least 4 members (excludes halogenated alkanes) is 10. The van der Waals surface area contributed by atoms with E-state index < -0.39 is 0 Å². The van der Waals surface area contributed by atoms with Crippen LogP contribution in [0, 0.1) is 5.92 Å². The summed E-state index contributed by atoms with van der Waals surface area (Å²) in [6, 6.07) is 8.26. The lowest BCUT2D eigenvalue weighted by molar-refractivity contribution is 0.293. The van der Waals surface area contributed by atoms with E-state index in [0.717, 1.165) is 42.5 Å². The molecule has 1 aliphatic rings. The van der Waals surface area contributed by atoms with Crippen molar-refractivity contribution >= 4 is 0 Å². The van der Waals surface area contributed by atoms with E-state index in [0.29, 0.717) is 0 Å². The van der Waals surface area contributed by atoms with Crippen molar-refractivity contribution in [2.45, 2.75) is 129 Å². The Kier molecular flexibility index (Phi) is 13.9. The van der Waals surface area contributed by atoms with Crippen LogP contribution in [-0.2, 0) is 6.42 Å². The molecule has 1 aliphatic carbocycles. The summed E-state index contributed by atoms with van der Waals surface area (Å²) in [5.41, 5.74) is 2.31. The van der Waals surface area contributed by atoms with Crippen molar-refractivity contribution in [1.82, 2.24) is 9.97 Å². The minimum absolute atomic E-state index is 0.801. The Morgan fingerprint density at radius 1 is 0.714 bits per heavy atom. The van der Waals surface area contributed by atoms with Crippen LogP contribution in [0.4, 0.5) is 0 Å². The average Bonchev–Trinajstić information content (AvgIpc) is 2.91. The third-order valence-electron chi connectivity index (χ3n) is 7.64. The highest BCUT2D eigenvalue weighted by Crippen LogP contribution is 2.28. The van der Waals surface area contributed by atoms with E-state index in [1.807, 2.05) is 12.4 Å². The van der Waals surface area contributed by atoms with Crippen LogP contribution in [0.5, 0.6) is 5.75 Å². The first kappa shape index (κ1) is 27.7. The Morgan fingerprint density at radius 2 is 1.34 bits per heavy atom. The standard InChI is InChI=1S/C32H50N2O/c1-2-3-4-5-6-7-8-9-12-20-29-26-33-32(34-27-29)30-21-23-31(24-22-30)35-25-16-11-15-19-28-17-13-10-14-18-28/h21-24,26-28H,2-20,25H2,1H3. The third-order valence-corrected chi connectivity index (χ3v) is 7.64. The van der Waals surface area contributed by atoms with Crippen LogP contribution in [0.1, 0.15) is 128 Å². The van der Waals surface area contributed by atoms with Crippen molar-refractivity contribution in [1.29, 1.82) is 0 Å². The molecule has 0 amide bonds. The number of rotatable bonds is 18. The molecule has 0 unspecified atom stereocenters. The van der Waals surface area contributed by atoms with Gasteiger partial charge in [0.25, 0.3) is 0 Å². The highest BCUT2D eigenvalue weighted by atomic mass is 16.5. The fraction of sp³-hybridized carbons (Fsp3) is 0.688. The summed E-state index contributed by atoms with van der Waals surface area (Å²) in [5.74, 6) is 2.75. The van der Waals surface area contributed by atoms with Gasteiger partial charge in [-0.05, 0) is 55.0 Å². The van der Waals surface area contributed by atoms with Gasteiger partial charge in [-0.1, -0.05) is 110 Å². The van der Waals surface area contributed by atoms with E-state index in [1.165, 1.54) is 115 Å². The Hall–Kier alpha value is -1.90. The topological polar surface area (TPSA) is 35.0 Å². The van der Waals surface area contributed by atoms with Crippen LogP contribution in [0.15, 0.2) is 36.7 Å². The Balaban J connectivity index is 1.25. The molecular formula is C32H50N2O. The van der Waals surface area contributed by atoms with Gasteiger partial charge in [0.1, 0.15) is 5.75 Å². The highest BCUT2D eigenvalue weighted by Gasteiger charge is 2.12. The molecule has 194 valence electrons. The monoisotopic (exact) mass is 478 g/mol. The summed E-state index contributed by atoms with van der Waals surface area (Å²) in [6.07, 6.45) is 29.9. The number of hydrogen-bond donors (Lipinski definition) is 0. The summed E-state index contributed by atoms with van der Waals surface area (Å²) in [7, 11) is 0. The molecule has 0 saturated heterocycles. The molecule has 1 heterocycles. The van der Waals surface area contributed by atoms with Crippen LogP contribution in [0.3, 0.4) is 0 Å². The van der Waals surface area contributed by atoms with E-state index in [-0.39, 0.29) is 0 Å². The lowest BCUT2D eigenvalue weighted by Crippen LogP contribution is -2.06. The maximum Gasteiger partial charge on any atom is 0.159 e. The van der Waals surface area contributed by atoms with Gasteiger partial charge in [0.2, 0.25) is 0 Å². The molecule has 2 aromatic rings. The van der Waals surface area contributed by atoms with Gasteiger partial charge in [-0.15, -0.1) is 0 Å². The summed E-state index contributed by atoms with van der Waals surface area (Å²) in [4.78, 5) is 9.24. The molecule has 0 N–H and O–H groups in total. The van der Waals surface area contributed by atoms with Crippen LogP contribution in [0.25, 0.3) is 11.4 Å². The molecule has 0 radical (unpaired) electrons. The predicted molar refractivity (Wildman–Crippen MR) is 149 cm³/mol. The van der Waals surface area contributed by atoms with Gasteiger partial charge < -0.3 is 4.74 Å². The number of benzene rings is 1. The van der Waals surface area contributed by atoms with E-state index >= 15 is 0 Å². The first-order valence-corrected chi connectivity index (χ1v) is 14.9. The van der Waals surface area contributed by atoms with Crippen LogP contribution < -0.4 is 4.74 Å². The van der Waals surface area contributed by atoms with Crippen molar-refractivity contribution < 1.29 is 4.74 Å². The SMILES string of the molecule is CCCCCCCCCCCc1cnc(-c2ccc(OCCCCCC3CCCCC3)cc2)nc1. The fourth-order valence-corrected chi connectivity index (χ4v) is 5.35. The minimum atomic E-state index is 0.801. The molecule has 3 nitrogen and oxygen atoms in total. The zero-order valence-corrected chi connectivity index (χ0v) is 22.5. The molecular weight excluding hydrogens is 428 g/mol. The van der Waals surface area contributed by atoms with E-state index in [9.17, 15) is 0 Å². The molecule has 3 rings (SSSR count). The molecule has 3 heteroatoms. The molecule has 1 aromatic carbocycles. The summed E-state index contributed by atoms with van der Waals surface area (Å²) in [5, 5.41) is 0. The second kappa shape index (κ2) is 17.5. The number of nitrogens with zero attached hydrogens (tertiary/aromatic N) is 2. The molecule has 35 heavy (non-hydrogen) atoms. The third kappa shape index (κ3) is 11.6. The first-order valence-electron chi connectivity index (χ1n) is 14.9. The van der Waals surface area contributed by atoms with E-state index in [4.69, 9.17) is 4.74 Å². The van der Waals surface area contributed by atoms with Crippen LogP contribution in [-0.4, -0.2) is 16.6 Å². The first-order chi connectivity index (χ1) is 17.3. The smallest absolute Gasteiger partial charge is 0.159 e. The molecule has 0 atom stereocenters. The minimum Gasteiger partial charge on any atom is -0.494 e. The maximum absolute atomic E-state index is 5.96. The van der Waals surface area contributed by atoms with Crippen molar-refractivity contribution in [3.8, 4) is 17.1 Å². The van der Waals surface area contributed by atoms with Crippen molar-refractivity contribution in [2.24, 2.45) is 5.92 Å². The second-order valence-corrected chi connectivity index (χ2v) is 10.7. The van der Waals surface area contributed by atoms with Crippen molar-refractivity contribution in [2.75, 3.05) is 6.61 Å². The van der Waals surface area contributed by atoms with Gasteiger partial charge in [0.05, 0.1) is 6.61 Å². The molecule has 1 saturated carbocycles. The summed E-state index contributed by atoms with van der Waals surface area (Å²) in [6.45, 7) is 3.09. The lowest BCUT2D eigenvalue weighted by atomic mass is 9.86. The average molecular weight is 479 g/mol. The second-order valence-electron chi connectivity index (χ2n) is 10.7. The molecule has 0 spiro atoms. The summed E-state index contributed by atoms with van der Waals surface area (Å²) < 4.78 is 5.96. The number of aryl methyl sites for hydroxylation is 1. The molecule has 1 aromatic heterocycles. The molecule has 1 fully saturated rings. The zero-order chi connectivity index (χ0) is 24.4. The number of hydrogen-bond acceptors (Lipinski definition) is 3.